The van der Waals surface area contributed by atoms with Crippen LogP contribution in [0.1, 0.15) is 26.2 Å². The lowest BCUT2D eigenvalue weighted by Gasteiger charge is -2.31. The van der Waals surface area contributed by atoms with Crippen LogP contribution in [0.5, 0.6) is 0 Å². The molecule has 0 bridgehead atoms. The van der Waals surface area contributed by atoms with Crippen molar-refractivity contribution in [2.24, 2.45) is 0 Å². The molecule has 1 aliphatic heterocycles. The molecule has 2 rings (SSSR count). The van der Waals surface area contributed by atoms with E-state index < -0.39 is 0 Å². The zero-order chi connectivity index (χ0) is 18.2. The van der Waals surface area contributed by atoms with Crippen LogP contribution in [0.4, 0.5) is 10.5 Å². The lowest BCUT2D eigenvalue weighted by Crippen LogP contribution is -2.45. The second kappa shape index (κ2) is 9.85. The van der Waals surface area contributed by atoms with Crippen molar-refractivity contribution in [3.05, 3.63) is 28.2 Å². The van der Waals surface area contributed by atoms with Crippen molar-refractivity contribution in [2.75, 3.05) is 31.6 Å². The van der Waals surface area contributed by atoms with E-state index in [-0.39, 0.29) is 12.0 Å². The van der Waals surface area contributed by atoms with Gasteiger partial charge in [0.05, 0.1) is 22.3 Å². The van der Waals surface area contributed by atoms with E-state index in [0.717, 1.165) is 12.8 Å². The molecule has 1 heterocycles. The van der Waals surface area contributed by atoms with Gasteiger partial charge in [0.2, 0.25) is 5.91 Å². The summed E-state index contributed by atoms with van der Waals surface area (Å²) in [6.45, 7) is 4.07. The molecular weight excluding hydrogens is 365 g/mol. The number of nitrogens with one attached hydrogen (secondary N) is 2. The standard InChI is InChI=1S/C17H23Cl2N3O3/c1-2-25-17(24)22-10-7-12(8-11-22)20-9-6-15(23)21-16-13(18)4-3-5-14(16)19/h3-5,12,20H,2,6-11H2,1H3,(H,21,23). The molecule has 1 aliphatic rings. The molecule has 25 heavy (non-hydrogen) atoms. The van der Waals surface area contributed by atoms with Crippen LogP contribution in [0.2, 0.25) is 10.0 Å². The Morgan fingerprint density at radius 3 is 2.48 bits per heavy atom. The van der Waals surface area contributed by atoms with Crippen molar-refractivity contribution in [1.82, 2.24) is 10.2 Å². The lowest BCUT2D eigenvalue weighted by molar-refractivity contribution is -0.116. The van der Waals surface area contributed by atoms with Crippen LogP contribution in [0.25, 0.3) is 0 Å². The maximum Gasteiger partial charge on any atom is 0.409 e. The van der Waals surface area contributed by atoms with Crippen LogP contribution >= 0.6 is 23.2 Å². The maximum absolute atomic E-state index is 12.0. The topological polar surface area (TPSA) is 70.7 Å². The highest BCUT2D eigenvalue weighted by molar-refractivity contribution is 6.39. The molecule has 1 fully saturated rings. The predicted molar refractivity (Wildman–Crippen MR) is 99.3 cm³/mol. The highest BCUT2D eigenvalue weighted by Crippen LogP contribution is 2.29. The number of likely N-dealkylation sites (tertiary alicyclic amines) is 1. The van der Waals surface area contributed by atoms with Crippen LogP contribution in [0.3, 0.4) is 0 Å². The van der Waals surface area contributed by atoms with Gasteiger partial charge in [-0.05, 0) is 31.9 Å². The minimum Gasteiger partial charge on any atom is -0.450 e. The van der Waals surface area contributed by atoms with Gasteiger partial charge in [-0.1, -0.05) is 29.3 Å². The average molecular weight is 388 g/mol. The second-order valence-electron chi connectivity index (χ2n) is 5.81. The van der Waals surface area contributed by atoms with Gasteiger partial charge in [-0.2, -0.15) is 0 Å². The van der Waals surface area contributed by atoms with Crippen LogP contribution in [-0.4, -0.2) is 49.2 Å². The largest absolute Gasteiger partial charge is 0.450 e. The number of benzene rings is 1. The van der Waals surface area contributed by atoms with E-state index in [4.69, 9.17) is 27.9 Å². The molecule has 8 heteroatoms. The zero-order valence-corrected chi connectivity index (χ0v) is 15.7. The number of carbonyl (C=O) groups is 2. The molecule has 0 unspecified atom stereocenters. The lowest BCUT2D eigenvalue weighted by atomic mass is 10.1. The van der Waals surface area contributed by atoms with Crippen molar-refractivity contribution in [3.63, 3.8) is 0 Å². The molecule has 1 aromatic rings. The number of hydrogen-bond donors (Lipinski definition) is 2. The molecule has 0 radical (unpaired) electrons. The van der Waals surface area contributed by atoms with Gasteiger partial charge in [-0.3, -0.25) is 4.79 Å². The Morgan fingerprint density at radius 1 is 1.24 bits per heavy atom. The molecule has 2 N–H and O–H groups in total. The summed E-state index contributed by atoms with van der Waals surface area (Å²) in [6.07, 6.45) is 1.75. The number of anilines is 1. The second-order valence-corrected chi connectivity index (χ2v) is 6.62. The van der Waals surface area contributed by atoms with Gasteiger partial charge in [0.25, 0.3) is 0 Å². The number of ether oxygens (including phenoxy) is 1. The maximum atomic E-state index is 12.0. The Bertz CT molecular complexity index is 585. The molecule has 0 spiro atoms. The Kier molecular flexibility index (Phi) is 7.81. The molecule has 6 nitrogen and oxygen atoms in total. The zero-order valence-electron chi connectivity index (χ0n) is 14.2. The third-order valence-electron chi connectivity index (χ3n) is 4.03. The molecule has 0 saturated carbocycles. The number of piperidine rings is 1. The molecule has 0 atom stereocenters. The summed E-state index contributed by atoms with van der Waals surface area (Å²) in [5, 5.41) is 6.93. The molecule has 0 aliphatic carbocycles. The fourth-order valence-electron chi connectivity index (χ4n) is 2.69. The highest BCUT2D eigenvalue weighted by Gasteiger charge is 2.23. The van der Waals surface area contributed by atoms with E-state index in [1.54, 1.807) is 30.0 Å². The number of para-hydroxylation sites is 1. The van der Waals surface area contributed by atoms with E-state index >= 15 is 0 Å². The van der Waals surface area contributed by atoms with Gasteiger partial charge in [0, 0.05) is 32.1 Å². The summed E-state index contributed by atoms with van der Waals surface area (Å²) in [5.74, 6) is -0.147. The van der Waals surface area contributed by atoms with Crippen molar-refractivity contribution in [2.45, 2.75) is 32.2 Å². The Labute approximate surface area is 157 Å². The van der Waals surface area contributed by atoms with Gasteiger partial charge in [0.15, 0.2) is 0 Å². The number of hydrogen-bond acceptors (Lipinski definition) is 4. The summed E-state index contributed by atoms with van der Waals surface area (Å²) in [4.78, 5) is 25.4. The monoisotopic (exact) mass is 387 g/mol. The fraction of sp³-hybridized carbons (Fsp3) is 0.529. The van der Waals surface area contributed by atoms with Crippen LogP contribution in [0.15, 0.2) is 18.2 Å². The molecule has 2 amide bonds. The van der Waals surface area contributed by atoms with Crippen molar-refractivity contribution >= 4 is 40.9 Å². The fourth-order valence-corrected chi connectivity index (χ4v) is 3.18. The highest BCUT2D eigenvalue weighted by atomic mass is 35.5. The van der Waals surface area contributed by atoms with Crippen molar-refractivity contribution in [1.29, 1.82) is 0 Å². The molecule has 1 aromatic carbocycles. The van der Waals surface area contributed by atoms with Crippen molar-refractivity contribution < 1.29 is 14.3 Å². The van der Waals surface area contributed by atoms with Crippen LogP contribution in [-0.2, 0) is 9.53 Å². The number of amides is 2. The average Bonchev–Trinajstić information content (AvgIpc) is 2.59. The third-order valence-corrected chi connectivity index (χ3v) is 4.66. The van der Waals surface area contributed by atoms with Gasteiger partial charge in [-0.25, -0.2) is 4.79 Å². The first-order valence-corrected chi connectivity index (χ1v) is 9.15. The van der Waals surface area contributed by atoms with E-state index in [0.29, 0.717) is 54.4 Å². The summed E-state index contributed by atoms with van der Waals surface area (Å²) >= 11 is 12.1. The van der Waals surface area contributed by atoms with Crippen LogP contribution in [0, 0.1) is 0 Å². The predicted octanol–water partition coefficient (Wildman–Crippen LogP) is 3.53. The van der Waals surface area contributed by atoms with Gasteiger partial charge >= 0.3 is 6.09 Å². The minimum atomic E-state index is -0.253. The number of carbonyl (C=O) groups excluding carboxylic acids is 2. The van der Waals surface area contributed by atoms with E-state index in [9.17, 15) is 9.59 Å². The minimum absolute atomic E-state index is 0.147. The summed E-state index contributed by atoms with van der Waals surface area (Å²) in [5.41, 5.74) is 0.443. The number of nitrogens with zero attached hydrogens (tertiary/aromatic N) is 1. The van der Waals surface area contributed by atoms with E-state index in [1.165, 1.54) is 0 Å². The van der Waals surface area contributed by atoms with Gasteiger partial charge < -0.3 is 20.3 Å². The quantitative estimate of drug-likeness (QED) is 0.782. The van der Waals surface area contributed by atoms with Crippen LogP contribution < -0.4 is 10.6 Å². The first-order valence-electron chi connectivity index (χ1n) is 8.40. The summed E-state index contributed by atoms with van der Waals surface area (Å²) < 4.78 is 5.00. The smallest absolute Gasteiger partial charge is 0.409 e. The molecule has 0 aromatic heterocycles. The Balaban J connectivity index is 1.68. The van der Waals surface area contributed by atoms with Gasteiger partial charge in [0.1, 0.15) is 0 Å². The number of halogens is 2. The van der Waals surface area contributed by atoms with E-state index in [1.807, 2.05) is 0 Å². The Hall–Kier alpha value is -1.50. The Morgan fingerprint density at radius 2 is 1.88 bits per heavy atom. The number of rotatable bonds is 6. The first kappa shape index (κ1) is 19.8. The van der Waals surface area contributed by atoms with Gasteiger partial charge in [-0.15, -0.1) is 0 Å². The first-order chi connectivity index (χ1) is 12.0. The molecule has 1 saturated heterocycles. The van der Waals surface area contributed by atoms with E-state index in [2.05, 4.69) is 10.6 Å². The third kappa shape index (κ3) is 6.06. The summed E-state index contributed by atoms with van der Waals surface area (Å²) in [7, 11) is 0. The van der Waals surface area contributed by atoms with Crippen molar-refractivity contribution in [3.8, 4) is 0 Å². The SMILES string of the molecule is CCOC(=O)N1CCC(NCCC(=O)Nc2c(Cl)cccc2Cl)CC1. The summed E-state index contributed by atoms with van der Waals surface area (Å²) in [6, 6.07) is 5.38. The normalized spacial score (nSPS) is 15.1. The molecule has 138 valence electrons. The molecular formula is C17H23Cl2N3O3.